The van der Waals surface area contributed by atoms with Crippen LogP contribution in [0.3, 0.4) is 0 Å². The van der Waals surface area contributed by atoms with Crippen molar-refractivity contribution in [2.75, 3.05) is 6.61 Å². The summed E-state index contributed by atoms with van der Waals surface area (Å²) in [7, 11) is 0. The molecule has 0 bridgehead atoms. The number of halogens is 1. The van der Waals surface area contributed by atoms with Crippen molar-refractivity contribution >= 4 is 16.7 Å². The number of amides is 1. The summed E-state index contributed by atoms with van der Waals surface area (Å²) in [5.74, 6) is -0.222. The van der Waals surface area contributed by atoms with Crippen LogP contribution in [-0.4, -0.2) is 17.7 Å². The van der Waals surface area contributed by atoms with Crippen LogP contribution >= 0.6 is 0 Å². The minimum Gasteiger partial charge on any atom is -0.481 e. The molecule has 0 aliphatic heterocycles. The van der Waals surface area contributed by atoms with Gasteiger partial charge in [-0.25, -0.2) is 4.39 Å². The SMILES string of the molecule is O=C(COc1ccccc1F)NCc1cc(-c2ccc3ccccc3c2)on1. The van der Waals surface area contributed by atoms with E-state index in [9.17, 15) is 9.18 Å². The number of carbonyl (C=O) groups is 1. The summed E-state index contributed by atoms with van der Waals surface area (Å²) in [6.45, 7) is -0.0904. The van der Waals surface area contributed by atoms with Crippen LogP contribution < -0.4 is 10.1 Å². The zero-order valence-electron chi connectivity index (χ0n) is 14.9. The normalized spacial score (nSPS) is 10.8. The molecule has 0 spiro atoms. The Labute approximate surface area is 160 Å². The Hall–Kier alpha value is -3.67. The number of hydrogen-bond donors (Lipinski definition) is 1. The molecule has 0 saturated heterocycles. The molecule has 0 fully saturated rings. The molecule has 6 heteroatoms. The number of para-hydroxylation sites is 1. The number of nitrogens with zero attached hydrogens (tertiary/aromatic N) is 1. The molecule has 1 N–H and O–H groups in total. The topological polar surface area (TPSA) is 64.4 Å². The molecule has 5 nitrogen and oxygen atoms in total. The van der Waals surface area contributed by atoms with Gasteiger partial charge in [-0.05, 0) is 29.0 Å². The second-order valence-electron chi connectivity index (χ2n) is 6.24. The summed E-state index contributed by atoms with van der Waals surface area (Å²) in [5, 5.41) is 8.91. The number of rotatable bonds is 6. The first-order valence-electron chi connectivity index (χ1n) is 8.78. The zero-order chi connectivity index (χ0) is 19.3. The highest BCUT2D eigenvalue weighted by Gasteiger charge is 2.10. The lowest BCUT2D eigenvalue weighted by Crippen LogP contribution is -2.28. The van der Waals surface area contributed by atoms with Crippen molar-refractivity contribution in [2.45, 2.75) is 6.54 Å². The maximum absolute atomic E-state index is 13.5. The molecule has 0 radical (unpaired) electrons. The Morgan fingerprint density at radius 3 is 2.64 bits per heavy atom. The first-order chi connectivity index (χ1) is 13.7. The molecular formula is C22H17FN2O3. The van der Waals surface area contributed by atoms with Crippen LogP contribution in [0, 0.1) is 5.82 Å². The monoisotopic (exact) mass is 376 g/mol. The highest BCUT2D eigenvalue weighted by Crippen LogP contribution is 2.25. The van der Waals surface area contributed by atoms with Crippen molar-refractivity contribution in [1.29, 1.82) is 0 Å². The highest BCUT2D eigenvalue weighted by molar-refractivity contribution is 5.86. The summed E-state index contributed by atoms with van der Waals surface area (Å²) in [4.78, 5) is 11.9. The van der Waals surface area contributed by atoms with Crippen LogP contribution in [0.4, 0.5) is 4.39 Å². The quantitative estimate of drug-likeness (QED) is 0.544. The molecule has 0 saturated carbocycles. The lowest BCUT2D eigenvalue weighted by atomic mass is 10.1. The minimum atomic E-state index is -0.508. The van der Waals surface area contributed by atoms with E-state index in [-0.39, 0.29) is 24.8 Å². The summed E-state index contributed by atoms with van der Waals surface area (Å²) >= 11 is 0. The van der Waals surface area contributed by atoms with E-state index in [1.54, 1.807) is 18.2 Å². The van der Waals surface area contributed by atoms with E-state index in [1.165, 1.54) is 12.1 Å². The highest BCUT2D eigenvalue weighted by atomic mass is 19.1. The first-order valence-corrected chi connectivity index (χ1v) is 8.78. The standard InChI is InChI=1S/C22H17FN2O3/c23-19-7-3-4-8-20(19)27-14-22(26)24-13-18-12-21(28-25-18)17-10-9-15-5-1-2-6-16(15)11-17/h1-12H,13-14H2,(H,24,26). The van der Waals surface area contributed by atoms with Gasteiger partial charge < -0.3 is 14.6 Å². The lowest BCUT2D eigenvalue weighted by Gasteiger charge is -2.06. The molecule has 1 heterocycles. The van der Waals surface area contributed by atoms with Gasteiger partial charge in [-0.15, -0.1) is 0 Å². The van der Waals surface area contributed by atoms with Gasteiger partial charge in [0.05, 0.1) is 6.54 Å². The van der Waals surface area contributed by atoms with E-state index in [4.69, 9.17) is 9.26 Å². The Kier molecular flexibility index (Phi) is 5.01. The van der Waals surface area contributed by atoms with E-state index in [0.29, 0.717) is 11.5 Å². The molecular weight excluding hydrogens is 359 g/mol. The molecule has 3 aromatic carbocycles. The molecule has 1 amide bonds. The number of ether oxygens (including phenoxy) is 1. The zero-order valence-corrected chi connectivity index (χ0v) is 14.9. The van der Waals surface area contributed by atoms with Crippen LogP contribution in [0.2, 0.25) is 0 Å². The third-order valence-corrected chi connectivity index (χ3v) is 4.26. The van der Waals surface area contributed by atoms with Crippen LogP contribution in [0.15, 0.2) is 77.3 Å². The van der Waals surface area contributed by atoms with Crippen molar-refractivity contribution in [1.82, 2.24) is 10.5 Å². The number of fused-ring (bicyclic) bond motifs is 1. The predicted octanol–water partition coefficient (Wildman–Crippen LogP) is 4.33. The van der Waals surface area contributed by atoms with Crippen molar-refractivity contribution < 1.29 is 18.4 Å². The van der Waals surface area contributed by atoms with Crippen molar-refractivity contribution in [3.63, 3.8) is 0 Å². The fourth-order valence-corrected chi connectivity index (χ4v) is 2.82. The van der Waals surface area contributed by atoms with Gasteiger partial charge in [0.1, 0.15) is 5.69 Å². The first kappa shape index (κ1) is 17.7. The molecule has 4 aromatic rings. The third kappa shape index (κ3) is 4.01. The predicted molar refractivity (Wildman–Crippen MR) is 103 cm³/mol. The van der Waals surface area contributed by atoms with E-state index < -0.39 is 5.82 Å². The average molecular weight is 376 g/mol. The molecule has 140 valence electrons. The van der Waals surface area contributed by atoms with Crippen molar-refractivity contribution in [3.05, 3.63) is 84.3 Å². The van der Waals surface area contributed by atoms with Gasteiger partial charge in [-0.3, -0.25) is 4.79 Å². The molecule has 0 unspecified atom stereocenters. The lowest BCUT2D eigenvalue weighted by molar-refractivity contribution is -0.123. The number of benzene rings is 3. The van der Waals surface area contributed by atoms with Gasteiger partial charge in [0.2, 0.25) is 0 Å². The summed E-state index contributed by atoms with van der Waals surface area (Å²) in [6.07, 6.45) is 0. The molecule has 4 rings (SSSR count). The summed E-state index contributed by atoms with van der Waals surface area (Å²) in [6, 6.07) is 21.8. The second kappa shape index (κ2) is 7.92. The molecule has 0 aliphatic carbocycles. The van der Waals surface area contributed by atoms with E-state index in [0.717, 1.165) is 16.3 Å². The van der Waals surface area contributed by atoms with Crippen LogP contribution in [0.25, 0.3) is 22.1 Å². The number of carbonyl (C=O) groups excluding carboxylic acids is 1. The number of hydrogen-bond acceptors (Lipinski definition) is 4. The third-order valence-electron chi connectivity index (χ3n) is 4.26. The molecule has 28 heavy (non-hydrogen) atoms. The largest absolute Gasteiger partial charge is 0.481 e. The van der Waals surface area contributed by atoms with Crippen LogP contribution in [0.5, 0.6) is 5.75 Å². The number of nitrogens with one attached hydrogen (secondary N) is 1. The van der Waals surface area contributed by atoms with E-state index in [2.05, 4.69) is 10.5 Å². The Morgan fingerprint density at radius 1 is 1.00 bits per heavy atom. The van der Waals surface area contributed by atoms with Crippen molar-refractivity contribution in [3.8, 4) is 17.1 Å². The fourth-order valence-electron chi connectivity index (χ4n) is 2.82. The summed E-state index contributed by atoms with van der Waals surface area (Å²) in [5.41, 5.74) is 1.49. The van der Waals surface area contributed by atoms with Gasteiger partial charge in [0.15, 0.2) is 23.9 Å². The summed E-state index contributed by atoms with van der Waals surface area (Å²) < 4.78 is 24.0. The van der Waals surface area contributed by atoms with Gasteiger partial charge in [-0.2, -0.15) is 0 Å². The molecule has 0 atom stereocenters. The van der Waals surface area contributed by atoms with E-state index in [1.807, 2.05) is 42.5 Å². The minimum absolute atomic E-state index is 0.0395. The molecule has 1 aromatic heterocycles. The molecule has 0 aliphatic rings. The van der Waals surface area contributed by atoms with Crippen LogP contribution in [-0.2, 0) is 11.3 Å². The number of aromatic nitrogens is 1. The van der Waals surface area contributed by atoms with E-state index >= 15 is 0 Å². The van der Waals surface area contributed by atoms with Gasteiger partial charge in [0.25, 0.3) is 5.91 Å². The van der Waals surface area contributed by atoms with Gasteiger partial charge >= 0.3 is 0 Å². The van der Waals surface area contributed by atoms with Crippen molar-refractivity contribution in [2.24, 2.45) is 0 Å². The maximum atomic E-state index is 13.5. The second-order valence-corrected chi connectivity index (χ2v) is 6.24. The average Bonchev–Trinajstić information content (AvgIpc) is 3.20. The Balaban J connectivity index is 1.35. The smallest absolute Gasteiger partial charge is 0.258 e. The van der Waals surface area contributed by atoms with Gasteiger partial charge in [-0.1, -0.05) is 53.7 Å². The van der Waals surface area contributed by atoms with Crippen LogP contribution in [0.1, 0.15) is 5.69 Å². The maximum Gasteiger partial charge on any atom is 0.258 e. The van der Waals surface area contributed by atoms with Gasteiger partial charge in [0, 0.05) is 11.6 Å². The Morgan fingerprint density at radius 2 is 1.79 bits per heavy atom. The fraction of sp³-hybridized carbons (Fsp3) is 0.0909. The Bertz CT molecular complexity index is 1120.